The number of nitrogens with one attached hydrogen (secondary N) is 2. The number of aliphatic hydroxyl groups excluding tert-OH is 1. The minimum atomic E-state index is -0.294. The van der Waals surface area contributed by atoms with Gasteiger partial charge in [0, 0.05) is 13.6 Å². The number of benzene rings is 1. The van der Waals surface area contributed by atoms with Crippen molar-refractivity contribution in [3.63, 3.8) is 0 Å². The fourth-order valence-electron chi connectivity index (χ4n) is 1.70. The number of nitrogens with zero attached hydrogens (tertiary/aromatic N) is 1. The Morgan fingerprint density at radius 3 is 2.63 bits per heavy atom. The third-order valence-corrected chi connectivity index (χ3v) is 3.09. The number of anilines is 2. The number of hydrogen-bond donors (Lipinski definition) is 3. The molecular weight excluding hydrogens is 242 g/mol. The van der Waals surface area contributed by atoms with E-state index in [1.165, 1.54) is 0 Å². The van der Waals surface area contributed by atoms with E-state index in [9.17, 15) is 4.79 Å². The number of amides is 2. The Balaban J connectivity index is 2.74. The Kier molecular flexibility index (Phi) is 6.15. The molecule has 1 aromatic rings. The van der Waals surface area contributed by atoms with Gasteiger partial charge in [-0.05, 0) is 25.5 Å². The fourth-order valence-corrected chi connectivity index (χ4v) is 1.70. The number of rotatable bonds is 6. The van der Waals surface area contributed by atoms with Gasteiger partial charge in [0.2, 0.25) is 0 Å². The molecule has 3 N–H and O–H groups in total. The smallest absolute Gasteiger partial charge is 0.319 e. The summed E-state index contributed by atoms with van der Waals surface area (Å²) < 4.78 is 0. The highest BCUT2D eigenvalue weighted by atomic mass is 16.3. The second-order valence-electron chi connectivity index (χ2n) is 4.42. The molecule has 0 saturated heterocycles. The highest BCUT2D eigenvalue weighted by Crippen LogP contribution is 2.24. The Labute approximate surface area is 114 Å². The lowest BCUT2D eigenvalue weighted by molar-refractivity contribution is 0.222. The lowest BCUT2D eigenvalue weighted by Gasteiger charge is -2.21. The molecule has 0 heterocycles. The average molecular weight is 265 g/mol. The summed E-state index contributed by atoms with van der Waals surface area (Å²) in [5.41, 5.74) is 1.73. The molecule has 0 bridgehead atoms. The van der Waals surface area contributed by atoms with Gasteiger partial charge >= 0.3 is 6.03 Å². The summed E-state index contributed by atoms with van der Waals surface area (Å²) in [6, 6.07) is 7.14. The Hall–Kier alpha value is -1.75. The summed E-state index contributed by atoms with van der Waals surface area (Å²) in [5, 5.41) is 14.6. The second-order valence-corrected chi connectivity index (χ2v) is 4.42. The third-order valence-electron chi connectivity index (χ3n) is 3.09. The van der Waals surface area contributed by atoms with Crippen LogP contribution in [0.2, 0.25) is 0 Å². The lowest BCUT2D eigenvalue weighted by Crippen LogP contribution is -2.40. The van der Waals surface area contributed by atoms with Crippen LogP contribution in [0.25, 0.3) is 0 Å². The zero-order chi connectivity index (χ0) is 14.3. The van der Waals surface area contributed by atoms with Crippen molar-refractivity contribution < 1.29 is 9.90 Å². The predicted molar refractivity (Wildman–Crippen MR) is 78.7 cm³/mol. The average Bonchev–Trinajstić information content (AvgIpc) is 2.44. The molecule has 5 heteroatoms. The third kappa shape index (κ3) is 4.44. The lowest BCUT2D eigenvalue weighted by atomic mass is 10.2. The van der Waals surface area contributed by atoms with Crippen molar-refractivity contribution in [2.75, 3.05) is 30.4 Å². The van der Waals surface area contributed by atoms with E-state index < -0.39 is 0 Å². The van der Waals surface area contributed by atoms with Gasteiger partial charge in [-0.3, -0.25) is 0 Å². The zero-order valence-corrected chi connectivity index (χ0v) is 11.8. The fraction of sp³-hybridized carbons (Fsp3) is 0.500. The van der Waals surface area contributed by atoms with Gasteiger partial charge in [-0.1, -0.05) is 19.1 Å². The number of carbonyl (C=O) groups is 1. The van der Waals surface area contributed by atoms with Crippen molar-refractivity contribution in [3.05, 3.63) is 24.3 Å². The van der Waals surface area contributed by atoms with Crippen LogP contribution in [-0.4, -0.2) is 37.4 Å². The summed E-state index contributed by atoms with van der Waals surface area (Å²) in [6.45, 7) is 4.77. The van der Waals surface area contributed by atoms with Crippen molar-refractivity contribution in [3.8, 4) is 0 Å². The molecule has 106 valence electrons. The van der Waals surface area contributed by atoms with Crippen molar-refractivity contribution in [2.45, 2.75) is 26.3 Å². The largest absolute Gasteiger partial charge is 0.394 e. The Bertz CT molecular complexity index is 405. The van der Waals surface area contributed by atoms with E-state index in [2.05, 4.69) is 22.5 Å². The molecule has 2 amide bonds. The van der Waals surface area contributed by atoms with Crippen LogP contribution >= 0.6 is 0 Å². The summed E-state index contributed by atoms with van der Waals surface area (Å²) in [6.07, 6.45) is 0.695. The maximum atomic E-state index is 11.9. The number of para-hydroxylation sites is 2. The SMILES string of the molecule is CCC(CO)NC(=O)Nc1ccccc1N(C)CC. The molecular formula is C14H23N3O2. The van der Waals surface area contributed by atoms with Crippen molar-refractivity contribution in [1.29, 1.82) is 0 Å². The van der Waals surface area contributed by atoms with Gasteiger partial charge in [-0.2, -0.15) is 0 Å². The van der Waals surface area contributed by atoms with Gasteiger partial charge in [0.25, 0.3) is 0 Å². The summed E-state index contributed by atoms with van der Waals surface area (Å²) in [5.74, 6) is 0. The van der Waals surface area contributed by atoms with E-state index in [0.717, 1.165) is 17.9 Å². The molecule has 1 atom stereocenters. The highest BCUT2D eigenvalue weighted by Gasteiger charge is 2.11. The van der Waals surface area contributed by atoms with E-state index in [1.807, 2.05) is 38.2 Å². The predicted octanol–water partition coefficient (Wildman–Crippen LogP) is 2.04. The number of urea groups is 1. The van der Waals surface area contributed by atoms with E-state index in [1.54, 1.807) is 0 Å². The first-order valence-corrected chi connectivity index (χ1v) is 6.60. The minimum absolute atomic E-state index is 0.0551. The summed E-state index contributed by atoms with van der Waals surface area (Å²) >= 11 is 0. The van der Waals surface area contributed by atoms with Crippen LogP contribution in [0.3, 0.4) is 0 Å². The molecule has 0 aliphatic rings. The second kappa shape index (κ2) is 7.63. The van der Waals surface area contributed by atoms with Gasteiger partial charge in [0.15, 0.2) is 0 Å². The maximum absolute atomic E-state index is 11.9. The molecule has 0 spiro atoms. The van der Waals surface area contributed by atoms with Crippen LogP contribution in [0.5, 0.6) is 0 Å². The quantitative estimate of drug-likeness (QED) is 0.737. The molecule has 19 heavy (non-hydrogen) atoms. The first-order chi connectivity index (χ1) is 9.12. The van der Waals surface area contributed by atoms with Gasteiger partial charge in [0.05, 0.1) is 24.0 Å². The first-order valence-electron chi connectivity index (χ1n) is 6.60. The van der Waals surface area contributed by atoms with Crippen LogP contribution < -0.4 is 15.5 Å². The van der Waals surface area contributed by atoms with Gasteiger partial charge in [-0.15, -0.1) is 0 Å². The normalized spacial score (nSPS) is 11.8. The standard InChI is InChI=1S/C14H23N3O2/c1-4-11(10-18)15-14(19)16-12-8-6-7-9-13(12)17(3)5-2/h6-9,11,18H,4-5,10H2,1-3H3,(H2,15,16,19). The molecule has 0 saturated carbocycles. The minimum Gasteiger partial charge on any atom is -0.394 e. The van der Waals surface area contributed by atoms with Gasteiger partial charge in [-0.25, -0.2) is 4.79 Å². The summed E-state index contributed by atoms with van der Waals surface area (Å²) in [4.78, 5) is 13.9. The van der Waals surface area contributed by atoms with Crippen LogP contribution in [-0.2, 0) is 0 Å². The zero-order valence-electron chi connectivity index (χ0n) is 11.8. The van der Waals surface area contributed by atoms with Crippen LogP contribution in [0.15, 0.2) is 24.3 Å². The molecule has 0 aliphatic heterocycles. The van der Waals surface area contributed by atoms with E-state index in [-0.39, 0.29) is 18.7 Å². The molecule has 1 aromatic carbocycles. The van der Waals surface area contributed by atoms with Gasteiger partial charge in [0.1, 0.15) is 0 Å². The molecule has 1 rings (SSSR count). The monoisotopic (exact) mass is 265 g/mol. The maximum Gasteiger partial charge on any atom is 0.319 e. The van der Waals surface area contributed by atoms with Crippen molar-refractivity contribution in [1.82, 2.24) is 5.32 Å². The van der Waals surface area contributed by atoms with Crippen LogP contribution in [0.4, 0.5) is 16.2 Å². The number of aliphatic hydroxyl groups is 1. The molecule has 0 fully saturated rings. The van der Waals surface area contributed by atoms with Crippen molar-refractivity contribution >= 4 is 17.4 Å². The Morgan fingerprint density at radius 1 is 1.37 bits per heavy atom. The Morgan fingerprint density at radius 2 is 2.05 bits per heavy atom. The number of carbonyl (C=O) groups excluding carboxylic acids is 1. The first kappa shape index (κ1) is 15.3. The van der Waals surface area contributed by atoms with E-state index >= 15 is 0 Å². The van der Waals surface area contributed by atoms with E-state index in [4.69, 9.17) is 5.11 Å². The van der Waals surface area contributed by atoms with E-state index in [0.29, 0.717) is 6.42 Å². The highest BCUT2D eigenvalue weighted by molar-refractivity contribution is 5.93. The van der Waals surface area contributed by atoms with Crippen LogP contribution in [0, 0.1) is 0 Å². The molecule has 5 nitrogen and oxygen atoms in total. The van der Waals surface area contributed by atoms with Crippen LogP contribution in [0.1, 0.15) is 20.3 Å². The topological polar surface area (TPSA) is 64.6 Å². The molecule has 0 aromatic heterocycles. The molecule has 0 aliphatic carbocycles. The van der Waals surface area contributed by atoms with Crippen molar-refractivity contribution in [2.24, 2.45) is 0 Å². The van der Waals surface area contributed by atoms with Gasteiger partial charge < -0.3 is 20.6 Å². The molecule has 1 unspecified atom stereocenters. The summed E-state index contributed by atoms with van der Waals surface area (Å²) in [7, 11) is 1.97. The molecule has 0 radical (unpaired) electrons. The number of hydrogen-bond acceptors (Lipinski definition) is 3.